The Balaban J connectivity index is 1.36. The lowest BCUT2D eigenvalue weighted by molar-refractivity contribution is 0.103. The molecule has 2 fully saturated rings. The summed E-state index contributed by atoms with van der Waals surface area (Å²) >= 11 is 2.57. The summed E-state index contributed by atoms with van der Waals surface area (Å²) in [6.07, 6.45) is 6.50. The number of rotatable bonds is 8. The molecule has 2 saturated heterocycles. The van der Waals surface area contributed by atoms with Crippen molar-refractivity contribution in [3.63, 3.8) is 0 Å². The Bertz CT molecular complexity index is 1920. The minimum Gasteiger partial charge on any atom is -0.463 e. The van der Waals surface area contributed by atoms with E-state index in [0.717, 1.165) is 0 Å². The molecule has 8 rings (SSSR count). The van der Waals surface area contributed by atoms with Crippen molar-refractivity contribution in [1.29, 1.82) is 0 Å². The number of nitrogens with zero attached hydrogens (tertiary/aromatic N) is 6. The van der Waals surface area contributed by atoms with Crippen molar-refractivity contribution in [2.75, 3.05) is 73.9 Å². The molecule has 0 radical (unpaired) electrons. The van der Waals surface area contributed by atoms with Crippen molar-refractivity contribution in [1.82, 2.24) is 19.9 Å². The highest BCUT2D eigenvalue weighted by Crippen LogP contribution is 2.47. The van der Waals surface area contributed by atoms with Crippen molar-refractivity contribution in [3.8, 4) is 43.8 Å². The van der Waals surface area contributed by atoms with Crippen LogP contribution in [0.15, 0.2) is 70.2 Å². The van der Waals surface area contributed by atoms with Gasteiger partial charge in [-0.25, -0.2) is 19.9 Å². The Morgan fingerprint density at radius 1 is 0.667 bits per heavy atom. The molecule has 0 spiro atoms. The first kappa shape index (κ1) is 30.3. The monoisotopic (exact) mass is 682 g/mol. The van der Waals surface area contributed by atoms with Crippen LogP contribution in [-0.4, -0.2) is 78.3 Å². The van der Waals surface area contributed by atoms with Crippen LogP contribution in [0.1, 0.15) is 15.9 Å². The lowest BCUT2D eigenvalue weighted by Gasteiger charge is -2.31. The van der Waals surface area contributed by atoms with Gasteiger partial charge in [0.25, 0.3) is 0 Å². The topological polar surface area (TPSA) is 172 Å². The molecule has 0 aromatic carbocycles. The molecule has 6 aromatic rings. The third-order valence-corrected chi connectivity index (χ3v) is 10.0. The fraction of sp³-hybridized carbons (Fsp3) is 0.242. The first-order valence-electron chi connectivity index (χ1n) is 15.4. The highest BCUT2D eigenvalue weighted by molar-refractivity contribution is 7.19. The maximum absolute atomic E-state index is 15.2. The van der Waals surface area contributed by atoms with Crippen LogP contribution in [-0.2, 0) is 9.47 Å². The van der Waals surface area contributed by atoms with Crippen LogP contribution in [0.2, 0.25) is 0 Å². The quantitative estimate of drug-likeness (QED) is 0.198. The summed E-state index contributed by atoms with van der Waals surface area (Å²) in [5.74, 6) is 2.13. The number of nitrogen functional groups attached to an aromatic ring is 2. The molecule has 48 heavy (non-hydrogen) atoms. The molecule has 13 nitrogen and oxygen atoms in total. The molecule has 244 valence electrons. The van der Waals surface area contributed by atoms with Crippen LogP contribution in [0.25, 0.3) is 43.8 Å². The fourth-order valence-electron chi connectivity index (χ4n) is 6.08. The van der Waals surface area contributed by atoms with Gasteiger partial charge in [0.15, 0.2) is 27.6 Å². The average molecular weight is 683 g/mol. The summed E-state index contributed by atoms with van der Waals surface area (Å²) in [7, 11) is 0. The summed E-state index contributed by atoms with van der Waals surface area (Å²) in [6, 6.07) is 10.7. The average Bonchev–Trinajstić information content (AvgIpc) is 3.96. The van der Waals surface area contributed by atoms with Crippen molar-refractivity contribution in [2.45, 2.75) is 0 Å². The number of hydrogen-bond acceptors (Lipinski definition) is 15. The maximum Gasteiger partial charge on any atom is 0.194 e. The van der Waals surface area contributed by atoms with Crippen LogP contribution >= 0.6 is 22.7 Å². The number of anilines is 4. The summed E-state index contributed by atoms with van der Waals surface area (Å²) < 4.78 is 22.9. The number of ketones is 1. The van der Waals surface area contributed by atoms with Gasteiger partial charge >= 0.3 is 0 Å². The van der Waals surface area contributed by atoms with E-state index in [2.05, 4.69) is 19.8 Å². The highest BCUT2D eigenvalue weighted by Gasteiger charge is 2.32. The van der Waals surface area contributed by atoms with Crippen LogP contribution in [0.4, 0.5) is 21.9 Å². The first-order chi connectivity index (χ1) is 23.6. The molecule has 0 aliphatic carbocycles. The Morgan fingerprint density at radius 2 is 1.10 bits per heavy atom. The molecule has 0 amide bonds. The summed E-state index contributed by atoms with van der Waals surface area (Å²) in [5, 5.41) is 0.683. The van der Waals surface area contributed by atoms with E-state index in [0.29, 0.717) is 129 Å². The van der Waals surface area contributed by atoms with Gasteiger partial charge in [0.1, 0.15) is 23.0 Å². The van der Waals surface area contributed by atoms with E-state index in [1.807, 2.05) is 12.1 Å². The number of hydrogen-bond donors (Lipinski definition) is 2. The third kappa shape index (κ3) is 5.49. The smallest absolute Gasteiger partial charge is 0.194 e. The fourth-order valence-corrected chi connectivity index (χ4v) is 7.86. The van der Waals surface area contributed by atoms with Gasteiger partial charge in [-0.2, -0.15) is 0 Å². The second kappa shape index (κ2) is 12.8. The Kier molecular flexibility index (Phi) is 8.09. The lowest BCUT2D eigenvalue weighted by atomic mass is 9.93. The van der Waals surface area contributed by atoms with Crippen molar-refractivity contribution < 1.29 is 23.1 Å². The maximum atomic E-state index is 15.2. The van der Waals surface area contributed by atoms with Crippen LogP contribution in [0.5, 0.6) is 0 Å². The predicted octanol–water partition coefficient (Wildman–Crippen LogP) is 5.31. The second-order valence-electron chi connectivity index (χ2n) is 11.1. The number of nitrogens with two attached hydrogens (primary N) is 2. The standard InChI is InChI=1S/C33H30N8O5S2/c34-32-38-25(21-3-1-13-45-21)28(47-32)23-19(5-7-36-30(23)40-9-15-43-16-10-40)27(42)20-6-8-37-31(41-11-17-44-18-12-41)24(20)29-26(39-33(35)48-29)22-4-2-14-46-22/h1-8,13-14H,9-12,15-18H2,(H2,34,38)(H2,35,39). The molecular formula is C33H30N8O5S2. The normalized spacial score (nSPS) is 15.2. The van der Waals surface area contributed by atoms with Crippen LogP contribution in [0.3, 0.4) is 0 Å². The van der Waals surface area contributed by atoms with Crippen molar-refractivity contribution in [3.05, 3.63) is 72.4 Å². The second-order valence-corrected chi connectivity index (χ2v) is 13.1. The number of furan rings is 2. The zero-order valence-corrected chi connectivity index (χ0v) is 27.3. The zero-order chi connectivity index (χ0) is 32.6. The Hall–Kier alpha value is -5.09. The van der Waals surface area contributed by atoms with E-state index in [9.17, 15) is 0 Å². The highest BCUT2D eigenvalue weighted by atomic mass is 32.1. The Labute approximate surface area is 282 Å². The van der Waals surface area contributed by atoms with Gasteiger partial charge in [0, 0.05) is 60.8 Å². The number of thiazole rings is 2. The summed E-state index contributed by atoms with van der Waals surface area (Å²) in [5.41, 5.74) is 15.9. The van der Waals surface area contributed by atoms with Gasteiger partial charge in [0.05, 0.1) is 48.7 Å². The van der Waals surface area contributed by atoms with Crippen molar-refractivity contribution >= 4 is 50.4 Å². The third-order valence-electron chi connectivity index (χ3n) is 8.22. The molecule has 2 aliphatic rings. The SMILES string of the molecule is Nc1nc(-c2ccco2)c(-c2c(C(=O)c3ccnc(N4CCOCC4)c3-c3sc(N)nc3-c3ccco3)ccnc2N2CCOCC2)s1. The van der Waals surface area contributed by atoms with E-state index >= 15 is 4.79 Å². The zero-order valence-electron chi connectivity index (χ0n) is 25.6. The van der Waals surface area contributed by atoms with Gasteiger partial charge in [-0.3, -0.25) is 4.79 Å². The molecule has 4 N–H and O–H groups in total. The Morgan fingerprint density at radius 3 is 1.50 bits per heavy atom. The van der Waals surface area contributed by atoms with Gasteiger partial charge < -0.3 is 39.6 Å². The molecule has 0 saturated carbocycles. The number of aromatic nitrogens is 4. The number of morpholine rings is 2. The predicted molar refractivity (Wildman–Crippen MR) is 184 cm³/mol. The number of ether oxygens (including phenoxy) is 2. The van der Waals surface area contributed by atoms with E-state index in [1.54, 1.807) is 49.2 Å². The number of carbonyl (C=O) groups excluding carboxylic acids is 1. The molecule has 0 atom stereocenters. The molecular weight excluding hydrogens is 653 g/mol. The van der Waals surface area contributed by atoms with E-state index in [-0.39, 0.29) is 5.78 Å². The van der Waals surface area contributed by atoms with Gasteiger partial charge in [0.2, 0.25) is 0 Å². The van der Waals surface area contributed by atoms with Gasteiger partial charge in [-0.05, 0) is 36.4 Å². The molecule has 0 bridgehead atoms. The van der Waals surface area contributed by atoms with Gasteiger partial charge in [-0.1, -0.05) is 22.7 Å². The molecule has 0 unspecified atom stereocenters. The summed E-state index contributed by atoms with van der Waals surface area (Å²) in [4.78, 5) is 39.8. The number of carbonyl (C=O) groups is 1. The molecule has 2 aliphatic heterocycles. The largest absolute Gasteiger partial charge is 0.463 e. The molecule has 15 heteroatoms. The lowest BCUT2D eigenvalue weighted by Crippen LogP contribution is -2.37. The molecule has 8 heterocycles. The van der Waals surface area contributed by atoms with E-state index in [4.69, 9.17) is 39.7 Å². The minimum atomic E-state index is -0.233. The van der Waals surface area contributed by atoms with Gasteiger partial charge in [-0.15, -0.1) is 0 Å². The van der Waals surface area contributed by atoms with Crippen molar-refractivity contribution in [2.24, 2.45) is 0 Å². The van der Waals surface area contributed by atoms with E-state index < -0.39 is 0 Å². The molecule has 6 aromatic heterocycles. The number of pyridine rings is 2. The summed E-state index contributed by atoms with van der Waals surface area (Å²) in [6.45, 7) is 4.58. The van der Waals surface area contributed by atoms with Crippen LogP contribution in [0, 0.1) is 0 Å². The minimum absolute atomic E-state index is 0.233. The van der Waals surface area contributed by atoms with E-state index in [1.165, 1.54) is 22.7 Å². The van der Waals surface area contributed by atoms with Crippen LogP contribution < -0.4 is 21.3 Å². The first-order valence-corrected chi connectivity index (χ1v) is 17.0.